The van der Waals surface area contributed by atoms with Crippen LogP contribution >= 0.6 is 0 Å². The summed E-state index contributed by atoms with van der Waals surface area (Å²) in [7, 11) is 0. The van der Waals surface area contributed by atoms with Gasteiger partial charge in [-0.1, -0.05) is 6.42 Å². The van der Waals surface area contributed by atoms with E-state index < -0.39 is 17.7 Å². The van der Waals surface area contributed by atoms with E-state index in [1.54, 1.807) is 0 Å². The van der Waals surface area contributed by atoms with Crippen molar-refractivity contribution in [2.45, 2.75) is 83.4 Å². The predicted octanol–water partition coefficient (Wildman–Crippen LogP) is 2.35. The van der Waals surface area contributed by atoms with Gasteiger partial charge in [0.25, 0.3) is 0 Å². The van der Waals surface area contributed by atoms with E-state index in [4.69, 9.17) is 4.74 Å². The largest absolute Gasteiger partial charge is 0.444 e. The number of ether oxygens (including phenoxy) is 1. The number of hydrogen-bond acceptors (Lipinski definition) is 4. The lowest BCUT2D eigenvalue weighted by Gasteiger charge is -2.35. The number of aliphatic hydroxyl groups is 1. The zero-order valence-corrected chi connectivity index (χ0v) is 15.1. The summed E-state index contributed by atoms with van der Waals surface area (Å²) in [5.74, 6) is 0.463. The summed E-state index contributed by atoms with van der Waals surface area (Å²) < 4.78 is 5.30. The van der Waals surface area contributed by atoms with Crippen LogP contribution < -0.4 is 10.6 Å². The first-order valence-corrected chi connectivity index (χ1v) is 9.19. The Bertz CT molecular complexity index is 435. The molecule has 2 aliphatic rings. The van der Waals surface area contributed by atoms with Crippen molar-refractivity contribution in [3.63, 3.8) is 0 Å². The van der Waals surface area contributed by atoms with E-state index in [1.165, 1.54) is 0 Å². The molecule has 138 valence electrons. The molecule has 2 rings (SSSR count). The van der Waals surface area contributed by atoms with E-state index in [1.807, 2.05) is 20.8 Å². The van der Waals surface area contributed by atoms with Gasteiger partial charge in [-0.05, 0) is 71.1 Å². The highest BCUT2D eigenvalue weighted by Crippen LogP contribution is 2.30. The summed E-state index contributed by atoms with van der Waals surface area (Å²) in [4.78, 5) is 24.7. The number of carbonyl (C=O) groups excluding carboxylic acids is 2. The van der Waals surface area contributed by atoms with Gasteiger partial charge in [0.1, 0.15) is 11.6 Å². The number of hydrogen-bond donors (Lipinski definition) is 3. The van der Waals surface area contributed by atoms with Crippen molar-refractivity contribution in [2.24, 2.45) is 11.8 Å². The second-order valence-electron chi connectivity index (χ2n) is 8.22. The lowest BCUT2D eigenvalue weighted by molar-refractivity contribution is -0.126. The van der Waals surface area contributed by atoms with Crippen molar-refractivity contribution in [1.82, 2.24) is 10.6 Å². The Morgan fingerprint density at radius 3 is 2.21 bits per heavy atom. The van der Waals surface area contributed by atoms with E-state index in [0.717, 1.165) is 44.9 Å². The third-order valence-corrected chi connectivity index (χ3v) is 5.03. The number of amides is 2. The molecule has 2 aliphatic carbocycles. The summed E-state index contributed by atoms with van der Waals surface area (Å²) in [5, 5.41) is 15.1. The molecule has 0 aromatic rings. The van der Waals surface area contributed by atoms with Crippen LogP contribution in [-0.2, 0) is 9.53 Å². The molecule has 0 spiro atoms. The first-order chi connectivity index (χ1) is 11.3. The fourth-order valence-corrected chi connectivity index (χ4v) is 3.39. The first-order valence-electron chi connectivity index (χ1n) is 9.19. The first kappa shape index (κ1) is 19.0. The monoisotopic (exact) mass is 340 g/mol. The lowest BCUT2D eigenvalue weighted by atomic mass is 9.79. The van der Waals surface area contributed by atoms with Gasteiger partial charge >= 0.3 is 6.09 Å². The van der Waals surface area contributed by atoms with Crippen LogP contribution in [0.15, 0.2) is 0 Å². The molecule has 24 heavy (non-hydrogen) atoms. The maximum absolute atomic E-state index is 12.7. The second kappa shape index (κ2) is 8.19. The molecule has 0 aliphatic heterocycles. The minimum Gasteiger partial charge on any atom is -0.444 e. The van der Waals surface area contributed by atoms with Crippen molar-refractivity contribution in [3.8, 4) is 0 Å². The normalized spacial score (nSPS) is 26.2. The Balaban J connectivity index is 1.87. The van der Waals surface area contributed by atoms with Crippen LogP contribution in [0, 0.1) is 11.8 Å². The highest BCUT2D eigenvalue weighted by Gasteiger charge is 2.36. The zero-order chi connectivity index (χ0) is 17.7. The molecule has 0 bridgehead atoms. The number of carbonyl (C=O) groups is 2. The molecule has 6 nitrogen and oxygen atoms in total. The molecule has 2 amide bonds. The van der Waals surface area contributed by atoms with Gasteiger partial charge in [-0.15, -0.1) is 0 Å². The minimum atomic E-state index is -0.576. The number of alkyl carbamates (subject to hydrolysis) is 1. The molecule has 6 heteroatoms. The Hall–Kier alpha value is -1.30. The summed E-state index contributed by atoms with van der Waals surface area (Å²) in [5.41, 5.74) is -0.576. The van der Waals surface area contributed by atoms with Crippen LogP contribution in [0.5, 0.6) is 0 Å². The topological polar surface area (TPSA) is 87.7 Å². The molecule has 1 unspecified atom stereocenters. The van der Waals surface area contributed by atoms with Crippen LogP contribution in [0.2, 0.25) is 0 Å². The van der Waals surface area contributed by atoms with Crippen molar-refractivity contribution in [3.05, 3.63) is 0 Å². The molecule has 2 fully saturated rings. The quantitative estimate of drug-likeness (QED) is 0.717. The van der Waals surface area contributed by atoms with Crippen molar-refractivity contribution < 1.29 is 19.4 Å². The van der Waals surface area contributed by atoms with E-state index in [2.05, 4.69) is 10.6 Å². The average molecular weight is 340 g/mol. The van der Waals surface area contributed by atoms with E-state index in [-0.39, 0.29) is 24.5 Å². The van der Waals surface area contributed by atoms with Gasteiger partial charge in [0.15, 0.2) is 0 Å². The average Bonchev–Trinajstić information content (AvgIpc) is 2.43. The van der Waals surface area contributed by atoms with E-state index in [0.29, 0.717) is 5.92 Å². The molecule has 0 radical (unpaired) electrons. The highest BCUT2D eigenvalue weighted by atomic mass is 16.6. The molecular weight excluding hydrogens is 308 g/mol. The fourth-order valence-electron chi connectivity index (χ4n) is 3.39. The van der Waals surface area contributed by atoms with Crippen LogP contribution in [0.3, 0.4) is 0 Å². The van der Waals surface area contributed by atoms with Crippen LogP contribution in [-0.4, -0.2) is 41.4 Å². The fraction of sp³-hybridized carbons (Fsp3) is 0.889. The molecule has 0 saturated heterocycles. The molecule has 0 aromatic carbocycles. The Morgan fingerprint density at radius 2 is 1.75 bits per heavy atom. The minimum absolute atomic E-state index is 0.0991. The highest BCUT2D eigenvalue weighted by molar-refractivity contribution is 5.86. The third-order valence-electron chi connectivity index (χ3n) is 5.03. The standard InChI is InChI=1S/C18H32N2O4/c1-18(2,3)24-17(23)20-15(13-5-4-6-13)16(22)19-14-9-7-12(11-21)8-10-14/h12-15,21H,4-11H2,1-3H3,(H,19,22)(H,20,23). The second-order valence-corrected chi connectivity index (χ2v) is 8.22. The number of aliphatic hydroxyl groups excluding tert-OH is 1. The van der Waals surface area contributed by atoms with Crippen molar-refractivity contribution in [1.29, 1.82) is 0 Å². The zero-order valence-electron chi connectivity index (χ0n) is 15.1. The summed E-state index contributed by atoms with van der Waals surface area (Å²) in [6, 6.07) is -0.368. The maximum atomic E-state index is 12.7. The Labute approximate surface area is 144 Å². The summed E-state index contributed by atoms with van der Waals surface area (Å²) in [6.07, 6.45) is 6.16. The molecule has 3 N–H and O–H groups in total. The van der Waals surface area contributed by atoms with Crippen molar-refractivity contribution in [2.75, 3.05) is 6.61 Å². The number of nitrogens with one attached hydrogen (secondary N) is 2. The van der Waals surface area contributed by atoms with Gasteiger partial charge in [-0.25, -0.2) is 4.79 Å². The summed E-state index contributed by atoms with van der Waals surface area (Å²) >= 11 is 0. The molecular formula is C18H32N2O4. The van der Waals surface area contributed by atoms with Crippen LogP contribution in [0.25, 0.3) is 0 Å². The molecule has 1 atom stereocenters. The van der Waals surface area contributed by atoms with E-state index in [9.17, 15) is 14.7 Å². The van der Waals surface area contributed by atoms with Crippen molar-refractivity contribution >= 4 is 12.0 Å². The van der Waals surface area contributed by atoms with Gasteiger partial charge in [-0.3, -0.25) is 4.79 Å². The Morgan fingerprint density at radius 1 is 1.12 bits per heavy atom. The van der Waals surface area contributed by atoms with Crippen LogP contribution in [0.4, 0.5) is 4.79 Å². The smallest absolute Gasteiger partial charge is 0.408 e. The van der Waals surface area contributed by atoms with E-state index >= 15 is 0 Å². The summed E-state index contributed by atoms with van der Waals surface area (Å²) in [6.45, 7) is 5.66. The lowest BCUT2D eigenvalue weighted by Crippen LogP contribution is -2.55. The predicted molar refractivity (Wildman–Crippen MR) is 91.5 cm³/mol. The number of rotatable bonds is 5. The SMILES string of the molecule is CC(C)(C)OC(=O)NC(C(=O)NC1CCC(CO)CC1)C1CCC1. The van der Waals surface area contributed by atoms with Crippen LogP contribution in [0.1, 0.15) is 65.7 Å². The van der Waals surface area contributed by atoms with Gasteiger partial charge in [0.05, 0.1) is 0 Å². The van der Waals surface area contributed by atoms with Gasteiger partial charge < -0.3 is 20.5 Å². The molecule has 0 aromatic heterocycles. The Kier molecular flexibility index (Phi) is 6.49. The van der Waals surface area contributed by atoms with Gasteiger partial charge in [-0.2, -0.15) is 0 Å². The molecule has 0 heterocycles. The van der Waals surface area contributed by atoms with Gasteiger partial charge in [0.2, 0.25) is 5.91 Å². The van der Waals surface area contributed by atoms with Gasteiger partial charge in [0, 0.05) is 12.6 Å². The maximum Gasteiger partial charge on any atom is 0.408 e. The third kappa shape index (κ3) is 5.65. The molecule has 2 saturated carbocycles.